The Balaban J connectivity index is 2.16. The average Bonchev–Trinajstić information content (AvgIpc) is 2.57. The maximum Gasteiger partial charge on any atom is 0.283 e. The van der Waals surface area contributed by atoms with Crippen LogP contribution < -0.4 is 5.56 Å². The third-order valence-electron chi connectivity index (χ3n) is 3.25. The summed E-state index contributed by atoms with van der Waals surface area (Å²) in [6.45, 7) is 0. The van der Waals surface area contributed by atoms with Crippen molar-refractivity contribution in [3.05, 3.63) is 75.5 Å². The molecule has 0 aliphatic rings. The van der Waals surface area contributed by atoms with Gasteiger partial charge in [-0.25, -0.2) is 13.5 Å². The monoisotopic (exact) mass is 390 g/mol. The van der Waals surface area contributed by atoms with Gasteiger partial charge in [0.1, 0.15) is 4.90 Å². The van der Waals surface area contributed by atoms with Crippen LogP contribution in [-0.4, -0.2) is 18.6 Å². The summed E-state index contributed by atoms with van der Waals surface area (Å²) in [5.74, 6) is 0. The van der Waals surface area contributed by atoms with Gasteiger partial charge in [-0.1, -0.05) is 46.3 Å². The van der Waals surface area contributed by atoms with E-state index in [2.05, 4.69) is 26.1 Å². The summed E-state index contributed by atoms with van der Waals surface area (Å²) >= 11 is 3.33. The molecule has 3 aromatic rings. The standard InChI is InChI=1S/C16H11BrN2O3S/c17-12-8-6-11(7-9-12)14-10-15(16(20)19-18-14)23(21,22)13-4-2-1-3-5-13/h1-10H,(H,19,20). The molecule has 1 aromatic heterocycles. The lowest BCUT2D eigenvalue weighted by Gasteiger charge is -2.06. The maximum absolute atomic E-state index is 12.6. The smallest absolute Gasteiger partial charge is 0.267 e. The quantitative estimate of drug-likeness (QED) is 0.745. The number of hydrogen-bond acceptors (Lipinski definition) is 4. The Bertz CT molecular complexity index is 998. The second-order valence-electron chi connectivity index (χ2n) is 4.77. The van der Waals surface area contributed by atoms with Gasteiger partial charge in [0, 0.05) is 10.0 Å². The summed E-state index contributed by atoms with van der Waals surface area (Å²) in [5, 5.41) is 6.19. The molecular formula is C16H11BrN2O3S. The largest absolute Gasteiger partial charge is 0.283 e. The van der Waals surface area contributed by atoms with Gasteiger partial charge in [-0.05, 0) is 30.3 Å². The molecule has 116 valence electrons. The number of nitrogens with one attached hydrogen (secondary N) is 1. The molecule has 3 rings (SSSR count). The highest BCUT2D eigenvalue weighted by Gasteiger charge is 2.22. The first kappa shape index (κ1) is 15.6. The van der Waals surface area contributed by atoms with Crippen molar-refractivity contribution in [1.29, 1.82) is 0 Å². The van der Waals surface area contributed by atoms with Crippen molar-refractivity contribution in [2.45, 2.75) is 9.79 Å². The van der Waals surface area contributed by atoms with Crippen LogP contribution in [-0.2, 0) is 9.84 Å². The van der Waals surface area contributed by atoms with Crippen molar-refractivity contribution >= 4 is 25.8 Å². The normalized spacial score (nSPS) is 11.3. The van der Waals surface area contributed by atoms with E-state index in [0.29, 0.717) is 11.3 Å². The van der Waals surface area contributed by atoms with Crippen molar-refractivity contribution < 1.29 is 8.42 Å². The molecule has 5 nitrogen and oxygen atoms in total. The molecule has 0 atom stereocenters. The molecule has 2 aromatic carbocycles. The molecule has 0 amide bonds. The van der Waals surface area contributed by atoms with E-state index < -0.39 is 15.4 Å². The van der Waals surface area contributed by atoms with Crippen molar-refractivity contribution in [1.82, 2.24) is 10.2 Å². The molecule has 23 heavy (non-hydrogen) atoms. The Morgan fingerprint density at radius 2 is 1.61 bits per heavy atom. The number of nitrogens with zero attached hydrogens (tertiary/aromatic N) is 1. The molecule has 1 N–H and O–H groups in total. The van der Waals surface area contributed by atoms with Gasteiger partial charge >= 0.3 is 0 Å². The summed E-state index contributed by atoms with van der Waals surface area (Å²) in [4.78, 5) is 11.7. The fourth-order valence-corrected chi connectivity index (χ4v) is 3.67. The minimum absolute atomic E-state index is 0.0680. The van der Waals surface area contributed by atoms with Crippen molar-refractivity contribution in [3.8, 4) is 11.3 Å². The van der Waals surface area contributed by atoms with E-state index in [1.54, 1.807) is 30.3 Å². The minimum atomic E-state index is -3.90. The third-order valence-corrected chi connectivity index (χ3v) is 5.56. The lowest BCUT2D eigenvalue weighted by atomic mass is 10.1. The van der Waals surface area contributed by atoms with Gasteiger partial charge in [0.2, 0.25) is 9.84 Å². The molecule has 0 saturated carbocycles. The minimum Gasteiger partial charge on any atom is -0.267 e. The zero-order valence-electron chi connectivity index (χ0n) is 11.7. The van der Waals surface area contributed by atoms with Crippen LogP contribution in [0, 0.1) is 0 Å². The summed E-state index contributed by atoms with van der Waals surface area (Å²) in [7, 11) is -3.90. The number of aromatic amines is 1. The number of halogens is 1. The summed E-state index contributed by atoms with van der Waals surface area (Å²) < 4.78 is 26.2. The van der Waals surface area contributed by atoms with E-state index in [1.165, 1.54) is 18.2 Å². The van der Waals surface area contributed by atoms with Crippen LogP contribution in [0.15, 0.2) is 79.7 Å². The second-order valence-corrected chi connectivity index (χ2v) is 7.60. The third kappa shape index (κ3) is 3.11. The molecule has 0 saturated heterocycles. The lowest BCUT2D eigenvalue weighted by Crippen LogP contribution is -2.19. The Labute approximate surface area is 141 Å². The van der Waals surface area contributed by atoms with Crippen molar-refractivity contribution in [2.24, 2.45) is 0 Å². The number of sulfone groups is 1. The molecule has 0 spiro atoms. The lowest BCUT2D eigenvalue weighted by molar-refractivity contribution is 0.594. The fraction of sp³-hybridized carbons (Fsp3) is 0. The summed E-state index contributed by atoms with van der Waals surface area (Å²) in [6, 6.07) is 16.3. The fourth-order valence-electron chi connectivity index (χ4n) is 2.08. The Morgan fingerprint density at radius 1 is 0.957 bits per heavy atom. The predicted octanol–water partition coefficient (Wildman–Crippen LogP) is 3.03. The molecule has 7 heteroatoms. The van der Waals surface area contributed by atoms with Gasteiger partial charge in [0.15, 0.2) is 0 Å². The first-order valence-corrected chi connectivity index (χ1v) is 8.92. The first-order valence-electron chi connectivity index (χ1n) is 6.64. The Morgan fingerprint density at radius 3 is 2.26 bits per heavy atom. The van der Waals surface area contributed by atoms with Crippen molar-refractivity contribution in [2.75, 3.05) is 0 Å². The summed E-state index contributed by atoms with van der Waals surface area (Å²) in [6.07, 6.45) is 0. The molecule has 0 unspecified atom stereocenters. The Hall–Kier alpha value is -2.25. The van der Waals surface area contributed by atoms with Gasteiger partial charge < -0.3 is 0 Å². The molecule has 0 aliphatic carbocycles. The van der Waals surface area contributed by atoms with E-state index >= 15 is 0 Å². The molecule has 1 heterocycles. The average molecular weight is 391 g/mol. The molecular weight excluding hydrogens is 380 g/mol. The van der Waals surface area contributed by atoms with Crippen LogP contribution in [0.1, 0.15) is 0 Å². The molecule has 0 radical (unpaired) electrons. The van der Waals surface area contributed by atoms with Crippen LogP contribution in [0.25, 0.3) is 11.3 Å². The van der Waals surface area contributed by atoms with Gasteiger partial charge in [0.05, 0.1) is 10.6 Å². The molecule has 0 bridgehead atoms. The van der Waals surface area contributed by atoms with E-state index in [-0.39, 0.29) is 9.79 Å². The van der Waals surface area contributed by atoms with Crippen LogP contribution in [0.5, 0.6) is 0 Å². The second kappa shape index (κ2) is 6.10. The SMILES string of the molecule is O=c1[nH]nc(-c2ccc(Br)cc2)cc1S(=O)(=O)c1ccccc1. The van der Waals surface area contributed by atoms with E-state index in [4.69, 9.17) is 0 Å². The van der Waals surface area contributed by atoms with Crippen LogP contribution in [0.2, 0.25) is 0 Å². The number of rotatable bonds is 3. The van der Waals surface area contributed by atoms with Gasteiger partial charge in [-0.15, -0.1) is 0 Å². The van der Waals surface area contributed by atoms with E-state index in [9.17, 15) is 13.2 Å². The number of aromatic nitrogens is 2. The highest BCUT2D eigenvalue weighted by molar-refractivity contribution is 9.10. The van der Waals surface area contributed by atoms with Gasteiger partial charge in [-0.2, -0.15) is 5.10 Å². The maximum atomic E-state index is 12.6. The zero-order valence-corrected chi connectivity index (χ0v) is 14.1. The molecule has 0 fully saturated rings. The highest BCUT2D eigenvalue weighted by atomic mass is 79.9. The van der Waals surface area contributed by atoms with Gasteiger partial charge in [0.25, 0.3) is 5.56 Å². The first-order chi connectivity index (χ1) is 11.0. The predicted molar refractivity (Wildman–Crippen MR) is 89.9 cm³/mol. The van der Waals surface area contributed by atoms with Crippen LogP contribution in [0.4, 0.5) is 0 Å². The number of benzene rings is 2. The van der Waals surface area contributed by atoms with Crippen LogP contribution in [0.3, 0.4) is 0 Å². The van der Waals surface area contributed by atoms with E-state index in [1.807, 2.05) is 12.1 Å². The number of hydrogen-bond donors (Lipinski definition) is 1. The van der Waals surface area contributed by atoms with E-state index in [0.717, 1.165) is 4.47 Å². The summed E-state index contributed by atoms with van der Waals surface area (Å²) in [5.41, 5.74) is 0.343. The molecule has 0 aliphatic heterocycles. The highest BCUT2D eigenvalue weighted by Crippen LogP contribution is 2.23. The Kier molecular flexibility index (Phi) is 4.14. The topological polar surface area (TPSA) is 79.9 Å². The number of H-pyrrole nitrogens is 1. The van der Waals surface area contributed by atoms with Crippen LogP contribution >= 0.6 is 15.9 Å². The van der Waals surface area contributed by atoms with Crippen molar-refractivity contribution in [3.63, 3.8) is 0 Å². The van der Waals surface area contributed by atoms with Gasteiger partial charge in [-0.3, -0.25) is 4.79 Å². The zero-order chi connectivity index (χ0) is 16.4.